The van der Waals surface area contributed by atoms with E-state index in [1.807, 2.05) is 0 Å². The maximum atomic E-state index is 12.9. The van der Waals surface area contributed by atoms with Crippen LogP contribution in [0.25, 0.3) is 0 Å². The highest BCUT2D eigenvalue weighted by Gasteiger charge is 2.19. The molecule has 0 aromatic heterocycles. The molecule has 6 heteroatoms. The van der Waals surface area contributed by atoms with Gasteiger partial charge in [-0.2, -0.15) is 0 Å². The van der Waals surface area contributed by atoms with E-state index >= 15 is 0 Å². The van der Waals surface area contributed by atoms with Crippen molar-refractivity contribution >= 4 is 17.9 Å². The highest BCUT2D eigenvalue weighted by molar-refractivity contribution is 5.71. The van der Waals surface area contributed by atoms with Gasteiger partial charge in [0.2, 0.25) is 0 Å². The van der Waals surface area contributed by atoms with Crippen LogP contribution in [-0.2, 0) is 28.6 Å². The van der Waals surface area contributed by atoms with E-state index in [2.05, 4.69) is 81.5 Å². The Hall–Kier alpha value is -2.89. The fraction of sp³-hybridized carbons (Fsp3) is 0.806. The Morgan fingerprint density at radius 1 is 0.274 bits per heavy atom. The van der Waals surface area contributed by atoms with E-state index in [-0.39, 0.29) is 31.1 Å². The molecule has 0 N–H and O–H groups in total. The molecule has 0 saturated heterocycles. The minimum atomic E-state index is -0.786. The molecule has 6 nitrogen and oxygen atoms in total. The van der Waals surface area contributed by atoms with Gasteiger partial charge in [0, 0.05) is 19.3 Å². The normalized spacial score (nSPS) is 12.4. The summed E-state index contributed by atoms with van der Waals surface area (Å²) in [6.07, 6.45) is 77.9. The molecule has 0 saturated carbocycles. The molecule has 0 aromatic carbocycles. The molecule has 0 aliphatic heterocycles. The van der Waals surface area contributed by atoms with Crippen molar-refractivity contribution in [3.63, 3.8) is 0 Å². The van der Waals surface area contributed by atoms with E-state index in [9.17, 15) is 14.4 Å². The topological polar surface area (TPSA) is 78.9 Å². The van der Waals surface area contributed by atoms with Gasteiger partial charge in [-0.25, -0.2) is 0 Å². The van der Waals surface area contributed by atoms with E-state index in [0.29, 0.717) is 19.3 Å². The molecule has 0 aliphatic rings. The molecular formula is C67H120O6. The van der Waals surface area contributed by atoms with Crippen molar-refractivity contribution in [3.05, 3.63) is 60.8 Å². The summed E-state index contributed by atoms with van der Waals surface area (Å²) in [5.41, 5.74) is 0. The summed E-state index contributed by atoms with van der Waals surface area (Å²) in [4.78, 5) is 38.3. The van der Waals surface area contributed by atoms with Crippen molar-refractivity contribution in [1.82, 2.24) is 0 Å². The van der Waals surface area contributed by atoms with Crippen molar-refractivity contribution in [2.75, 3.05) is 13.2 Å². The third-order valence-corrected chi connectivity index (χ3v) is 14.0. The highest BCUT2D eigenvalue weighted by atomic mass is 16.6. The van der Waals surface area contributed by atoms with Crippen LogP contribution in [0.5, 0.6) is 0 Å². The first kappa shape index (κ1) is 70.1. The molecule has 0 spiro atoms. The number of unbranched alkanes of at least 4 members (excludes halogenated alkanes) is 37. The summed E-state index contributed by atoms with van der Waals surface area (Å²) in [5.74, 6) is -0.889. The molecule has 73 heavy (non-hydrogen) atoms. The number of rotatable bonds is 58. The predicted molar refractivity (Wildman–Crippen MR) is 316 cm³/mol. The Balaban J connectivity index is 4.38. The number of hydrogen-bond donors (Lipinski definition) is 0. The van der Waals surface area contributed by atoms with Gasteiger partial charge in [0.1, 0.15) is 13.2 Å². The van der Waals surface area contributed by atoms with Crippen molar-refractivity contribution in [1.29, 1.82) is 0 Å². The van der Waals surface area contributed by atoms with Crippen LogP contribution in [-0.4, -0.2) is 37.2 Å². The number of carbonyl (C=O) groups is 3. The zero-order valence-electron chi connectivity index (χ0n) is 48.7. The van der Waals surface area contributed by atoms with E-state index in [1.165, 1.54) is 199 Å². The molecule has 0 aliphatic carbocycles. The number of hydrogen-bond acceptors (Lipinski definition) is 6. The van der Waals surface area contributed by atoms with Gasteiger partial charge in [0.25, 0.3) is 0 Å². The average Bonchev–Trinajstić information content (AvgIpc) is 3.39. The lowest BCUT2D eigenvalue weighted by molar-refractivity contribution is -0.167. The highest BCUT2D eigenvalue weighted by Crippen LogP contribution is 2.16. The molecule has 0 fully saturated rings. The van der Waals surface area contributed by atoms with Crippen LogP contribution >= 0.6 is 0 Å². The van der Waals surface area contributed by atoms with Crippen LogP contribution < -0.4 is 0 Å². The number of allylic oxidation sites excluding steroid dienone is 10. The van der Waals surface area contributed by atoms with Crippen LogP contribution in [0.1, 0.15) is 329 Å². The van der Waals surface area contributed by atoms with Gasteiger partial charge in [-0.15, -0.1) is 0 Å². The van der Waals surface area contributed by atoms with Gasteiger partial charge in [0.05, 0.1) is 0 Å². The lowest BCUT2D eigenvalue weighted by Crippen LogP contribution is -2.30. The van der Waals surface area contributed by atoms with Crippen molar-refractivity contribution in [2.45, 2.75) is 335 Å². The van der Waals surface area contributed by atoms with E-state index in [0.717, 1.165) is 89.9 Å². The third kappa shape index (κ3) is 59.9. The Morgan fingerprint density at radius 3 is 0.808 bits per heavy atom. The van der Waals surface area contributed by atoms with Gasteiger partial charge in [-0.05, 0) is 109 Å². The first-order valence-electron chi connectivity index (χ1n) is 31.8. The quantitative estimate of drug-likeness (QED) is 0.0261. The summed E-state index contributed by atoms with van der Waals surface area (Å²) in [6, 6.07) is 0. The molecule has 1 atom stereocenters. The van der Waals surface area contributed by atoms with E-state index < -0.39 is 6.10 Å². The van der Waals surface area contributed by atoms with Crippen LogP contribution in [0.3, 0.4) is 0 Å². The molecule has 0 heterocycles. The molecule has 1 unspecified atom stereocenters. The second-order valence-corrected chi connectivity index (χ2v) is 21.3. The maximum absolute atomic E-state index is 12.9. The molecular weight excluding hydrogens is 901 g/mol. The zero-order chi connectivity index (χ0) is 52.9. The summed E-state index contributed by atoms with van der Waals surface area (Å²) in [6.45, 7) is 6.63. The largest absolute Gasteiger partial charge is 0.462 e. The Kier molecular flexibility index (Phi) is 59.2. The second kappa shape index (κ2) is 61.7. The zero-order valence-corrected chi connectivity index (χ0v) is 48.7. The van der Waals surface area contributed by atoms with Crippen LogP contribution in [0, 0.1) is 0 Å². The van der Waals surface area contributed by atoms with Crippen molar-refractivity contribution in [3.8, 4) is 0 Å². The first-order valence-corrected chi connectivity index (χ1v) is 31.8. The van der Waals surface area contributed by atoms with E-state index in [1.54, 1.807) is 0 Å². The molecule has 0 amide bonds. The minimum absolute atomic E-state index is 0.0818. The summed E-state index contributed by atoms with van der Waals surface area (Å²) < 4.78 is 16.9. The van der Waals surface area contributed by atoms with E-state index in [4.69, 9.17) is 14.2 Å². The third-order valence-electron chi connectivity index (χ3n) is 14.0. The number of ether oxygens (including phenoxy) is 3. The van der Waals surface area contributed by atoms with Crippen LogP contribution in [0.15, 0.2) is 60.8 Å². The molecule has 0 aromatic rings. The number of carbonyl (C=O) groups excluding carboxylic acids is 3. The van der Waals surface area contributed by atoms with Gasteiger partial charge in [0.15, 0.2) is 6.10 Å². The maximum Gasteiger partial charge on any atom is 0.306 e. The monoisotopic (exact) mass is 1020 g/mol. The average molecular weight is 1020 g/mol. The summed E-state index contributed by atoms with van der Waals surface area (Å²) in [5, 5.41) is 0. The van der Waals surface area contributed by atoms with Gasteiger partial charge in [-0.1, -0.05) is 261 Å². The lowest BCUT2D eigenvalue weighted by Gasteiger charge is -2.18. The second-order valence-electron chi connectivity index (χ2n) is 21.3. The molecule has 0 rings (SSSR count). The van der Waals surface area contributed by atoms with Gasteiger partial charge >= 0.3 is 17.9 Å². The first-order chi connectivity index (χ1) is 36.0. The van der Waals surface area contributed by atoms with Crippen LogP contribution in [0.4, 0.5) is 0 Å². The fourth-order valence-corrected chi connectivity index (χ4v) is 9.15. The van der Waals surface area contributed by atoms with Gasteiger partial charge < -0.3 is 14.2 Å². The number of esters is 3. The smallest absolute Gasteiger partial charge is 0.306 e. The summed E-state index contributed by atoms with van der Waals surface area (Å²) >= 11 is 0. The Labute approximate surface area is 453 Å². The Bertz CT molecular complexity index is 1310. The Morgan fingerprint density at radius 2 is 0.493 bits per heavy atom. The SMILES string of the molecule is CCCCC/C=C\C/C=C\C/C=C\CCCCCCCCC(=O)OC(COC(=O)CCCCCCC/C=C\CCCCCCCC)COC(=O)CCCCCCCCCCC/C=C\CCCCCCCCCC. The standard InChI is InChI=1S/C67H120O6/c1-4-7-10-13-16-19-22-25-28-30-32-33-35-36-39-42-45-48-51-54-57-60-66(69)72-63-64(62-71-65(68)59-56-53-50-47-44-41-38-27-24-21-18-15-12-9-6-3)73-67(70)61-58-55-52-49-46-43-40-37-34-31-29-26-23-20-17-14-11-8-5-2/h17,20,26-27,29-30,32,34,37-38,64H,4-16,18-19,21-25,28,31,33,35-36,39-63H2,1-3H3/b20-17-,29-26-,32-30-,37-34-,38-27-. The fourth-order valence-electron chi connectivity index (χ4n) is 9.15. The van der Waals surface area contributed by atoms with Crippen molar-refractivity contribution in [2.24, 2.45) is 0 Å². The van der Waals surface area contributed by atoms with Crippen LogP contribution in [0.2, 0.25) is 0 Å². The minimum Gasteiger partial charge on any atom is -0.462 e. The summed E-state index contributed by atoms with van der Waals surface area (Å²) in [7, 11) is 0. The predicted octanol–water partition coefficient (Wildman–Crippen LogP) is 21.6. The van der Waals surface area contributed by atoms with Crippen molar-refractivity contribution < 1.29 is 28.6 Å². The lowest BCUT2D eigenvalue weighted by atomic mass is 10.1. The molecule has 0 radical (unpaired) electrons. The van der Waals surface area contributed by atoms with Gasteiger partial charge in [-0.3, -0.25) is 14.4 Å². The molecule has 424 valence electrons. The molecule has 0 bridgehead atoms.